The van der Waals surface area contributed by atoms with Gasteiger partial charge in [0.15, 0.2) is 22.8 Å². The van der Waals surface area contributed by atoms with Crippen LogP contribution in [0, 0.1) is 6.92 Å². The van der Waals surface area contributed by atoms with Crippen LogP contribution in [-0.4, -0.2) is 60.3 Å². The number of piperazine rings is 1. The number of hydrogen-bond acceptors (Lipinski definition) is 7. The molecule has 9 nitrogen and oxygen atoms in total. The molecule has 0 aromatic carbocycles. The van der Waals surface area contributed by atoms with E-state index in [2.05, 4.69) is 40.9 Å². The Bertz CT molecular complexity index is 1070. The molecule has 4 aromatic heterocycles. The van der Waals surface area contributed by atoms with Crippen molar-refractivity contribution in [1.82, 2.24) is 34.1 Å². The van der Waals surface area contributed by atoms with Crippen molar-refractivity contribution in [1.29, 1.82) is 0 Å². The number of aryl methyl sites for hydroxylation is 2. The van der Waals surface area contributed by atoms with Gasteiger partial charge in [0.2, 0.25) is 0 Å². The smallest absolute Gasteiger partial charge is 0.165 e. The normalized spacial score (nSPS) is 15.3. The molecule has 1 saturated heterocycles. The van der Waals surface area contributed by atoms with E-state index in [1.54, 1.807) is 12.7 Å². The van der Waals surface area contributed by atoms with Crippen LogP contribution in [0.1, 0.15) is 5.69 Å². The van der Waals surface area contributed by atoms with Crippen molar-refractivity contribution >= 4 is 28.3 Å². The molecule has 0 saturated carbocycles. The minimum Gasteiger partial charge on any atom is -0.351 e. The first-order valence-corrected chi connectivity index (χ1v) is 8.63. The topological polar surface area (TPSA) is 80.3 Å². The number of fused-ring (bicyclic) bond motifs is 2. The highest BCUT2D eigenvalue weighted by atomic mass is 15.3. The molecule has 0 N–H and O–H groups in total. The van der Waals surface area contributed by atoms with E-state index in [4.69, 9.17) is 0 Å². The first-order chi connectivity index (χ1) is 12.7. The van der Waals surface area contributed by atoms with E-state index in [0.717, 1.165) is 60.2 Å². The summed E-state index contributed by atoms with van der Waals surface area (Å²) in [6.45, 7) is 5.46. The highest BCUT2D eigenvalue weighted by Gasteiger charge is 2.23. The summed E-state index contributed by atoms with van der Waals surface area (Å²) in [5.41, 5.74) is 3.76. The molecule has 1 fully saturated rings. The van der Waals surface area contributed by atoms with Crippen molar-refractivity contribution in [3.63, 3.8) is 0 Å². The van der Waals surface area contributed by atoms with E-state index in [1.807, 2.05) is 35.4 Å². The minimum absolute atomic E-state index is 0.857. The molecule has 5 heterocycles. The Morgan fingerprint density at radius 3 is 2.50 bits per heavy atom. The lowest BCUT2D eigenvalue weighted by Crippen LogP contribution is -2.47. The van der Waals surface area contributed by atoms with Crippen molar-refractivity contribution < 1.29 is 0 Å². The van der Waals surface area contributed by atoms with Gasteiger partial charge in [0.25, 0.3) is 0 Å². The van der Waals surface area contributed by atoms with Crippen molar-refractivity contribution in [3.05, 3.63) is 36.8 Å². The molecule has 26 heavy (non-hydrogen) atoms. The van der Waals surface area contributed by atoms with Gasteiger partial charge in [-0.15, -0.1) is 0 Å². The predicted molar refractivity (Wildman–Crippen MR) is 98.5 cm³/mol. The summed E-state index contributed by atoms with van der Waals surface area (Å²) in [5, 5.41) is 4.48. The monoisotopic (exact) mass is 349 g/mol. The zero-order valence-corrected chi connectivity index (χ0v) is 14.7. The van der Waals surface area contributed by atoms with Gasteiger partial charge < -0.3 is 14.4 Å². The quantitative estimate of drug-likeness (QED) is 0.535. The Balaban J connectivity index is 1.42. The molecular weight excluding hydrogens is 330 g/mol. The molecular formula is C17H19N9. The van der Waals surface area contributed by atoms with Crippen LogP contribution < -0.4 is 9.80 Å². The lowest BCUT2D eigenvalue weighted by Gasteiger charge is -2.36. The lowest BCUT2D eigenvalue weighted by molar-refractivity contribution is 0.642. The molecule has 0 spiro atoms. The minimum atomic E-state index is 0.857. The van der Waals surface area contributed by atoms with Crippen LogP contribution in [0.15, 0.2) is 31.1 Å². The van der Waals surface area contributed by atoms with Crippen molar-refractivity contribution in [2.75, 3.05) is 36.0 Å². The SMILES string of the molecule is Cc1cc2c(N3CCN(c4ncnc5c4ncn5C)CC3)nccn2n1. The molecule has 0 aliphatic carbocycles. The number of hydrogen-bond donors (Lipinski definition) is 0. The third-order valence-corrected chi connectivity index (χ3v) is 4.85. The summed E-state index contributed by atoms with van der Waals surface area (Å²) in [4.78, 5) is 22.5. The van der Waals surface area contributed by atoms with Gasteiger partial charge in [0.05, 0.1) is 12.0 Å². The van der Waals surface area contributed by atoms with Gasteiger partial charge in [-0.05, 0) is 13.0 Å². The lowest BCUT2D eigenvalue weighted by atomic mass is 10.3. The van der Waals surface area contributed by atoms with Crippen molar-refractivity contribution in [2.24, 2.45) is 7.05 Å². The van der Waals surface area contributed by atoms with Gasteiger partial charge in [-0.2, -0.15) is 5.10 Å². The number of rotatable bonds is 2. The Labute approximate surface area is 149 Å². The van der Waals surface area contributed by atoms with Gasteiger partial charge in [-0.3, -0.25) is 0 Å². The fourth-order valence-electron chi connectivity index (χ4n) is 3.57. The zero-order chi connectivity index (χ0) is 17.7. The number of aromatic nitrogens is 7. The van der Waals surface area contributed by atoms with E-state index in [1.165, 1.54) is 0 Å². The first-order valence-electron chi connectivity index (χ1n) is 8.63. The van der Waals surface area contributed by atoms with Crippen LogP contribution in [-0.2, 0) is 7.05 Å². The maximum atomic E-state index is 4.60. The fourth-order valence-corrected chi connectivity index (χ4v) is 3.57. The second-order valence-electron chi connectivity index (χ2n) is 6.57. The molecule has 5 rings (SSSR count). The molecule has 1 aliphatic heterocycles. The molecule has 4 aromatic rings. The average Bonchev–Trinajstić information content (AvgIpc) is 3.23. The molecule has 132 valence electrons. The van der Waals surface area contributed by atoms with Crippen LogP contribution in [0.4, 0.5) is 11.6 Å². The summed E-state index contributed by atoms with van der Waals surface area (Å²) >= 11 is 0. The summed E-state index contributed by atoms with van der Waals surface area (Å²) in [6.07, 6.45) is 7.10. The van der Waals surface area contributed by atoms with Crippen LogP contribution in [0.3, 0.4) is 0 Å². The van der Waals surface area contributed by atoms with E-state index in [0.29, 0.717) is 0 Å². The molecule has 0 amide bonds. The molecule has 1 aliphatic rings. The van der Waals surface area contributed by atoms with Crippen molar-refractivity contribution in [3.8, 4) is 0 Å². The summed E-state index contributed by atoms with van der Waals surface area (Å²) in [7, 11) is 1.95. The Hall–Kier alpha value is -3.23. The molecule has 0 atom stereocenters. The molecule has 0 bridgehead atoms. The molecule has 9 heteroatoms. The number of nitrogens with zero attached hydrogens (tertiary/aromatic N) is 9. The fraction of sp³-hybridized carbons (Fsp3) is 0.353. The van der Waals surface area contributed by atoms with E-state index in [-0.39, 0.29) is 0 Å². The summed E-state index contributed by atoms with van der Waals surface area (Å²) < 4.78 is 3.81. The van der Waals surface area contributed by atoms with Crippen LogP contribution >= 0.6 is 0 Å². The van der Waals surface area contributed by atoms with Crippen LogP contribution in [0.25, 0.3) is 16.7 Å². The largest absolute Gasteiger partial charge is 0.351 e. The van der Waals surface area contributed by atoms with Gasteiger partial charge in [0.1, 0.15) is 11.8 Å². The molecule has 0 radical (unpaired) electrons. The Morgan fingerprint density at radius 2 is 1.69 bits per heavy atom. The number of anilines is 2. The highest BCUT2D eigenvalue weighted by molar-refractivity contribution is 5.83. The second kappa shape index (κ2) is 5.65. The van der Waals surface area contributed by atoms with Gasteiger partial charge >= 0.3 is 0 Å². The van der Waals surface area contributed by atoms with Crippen LogP contribution in [0.2, 0.25) is 0 Å². The Morgan fingerprint density at radius 1 is 0.923 bits per heavy atom. The molecule has 0 unspecified atom stereocenters. The van der Waals surface area contributed by atoms with E-state index < -0.39 is 0 Å². The zero-order valence-electron chi connectivity index (χ0n) is 14.7. The second-order valence-corrected chi connectivity index (χ2v) is 6.57. The first kappa shape index (κ1) is 15.1. The third-order valence-electron chi connectivity index (χ3n) is 4.85. The summed E-state index contributed by atoms with van der Waals surface area (Å²) in [6, 6.07) is 2.08. The number of imidazole rings is 1. The average molecular weight is 349 g/mol. The maximum Gasteiger partial charge on any atom is 0.165 e. The maximum absolute atomic E-state index is 4.60. The van der Waals surface area contributed by atoms with E-state index >= 15 is 0 Å². The van der Waals surface area contributed by atoms with Gasteiger partial charge in [-0.25, -0.2) is 24.5 Å². The van der Waals surface area contributed by atoms with Crippen LogP contribution in [0.5, 0.6) is 0 Å². The van der Waals surface area contributed by atoms with E-state index in [9.17, 15) is 0 Å². The van der Waals surface area contributed by atoms with Gasteiger partial charge in [-0.1, -0.05) is 0 Å². The van der Waals surface area contributed by atoms with Gasteiger partial charge in [0, 0.05) is 45.6 Å². The third kappa shape index (κ3) is 2.27. The highest BCUT2D eigenvalue weighted by Crippen LogP contribution is 2.25. The van der Waals surface area contributed by atoms with Crippen molar-refractivity contribution in [2.45, 2.75) is 6.92 Å². The predicted octanol–water partition coefficient (Wildman–Crippen LogP) is 1.04. The standard InChI is InChI=1S/C17H19N9/c1-12-9-13-15(18-3-4-26(13)22-12)24-5-7-25(8-6-24)17-14-16(19-10-20-17)23(2)11-21-14/h3-4,9-11H,5-8H2,1-2H3. The summed E-state index contributed by atoms with van der Waals surface area (Å²) in [5.74, 6) is 1.89. The Kier molecular flexibility index (Phi) is 3.27.